The van der Waals surface area contributed by atoms with Crippen LogP contribution in [0.5, 0.6) is 11.5 Å². The first-order valence-electron chi connectivity index (χ1n) is 12.9. The van der Waals surface area contributed by atoms with E-state index >= 15 is 0 Å². The number of carbonyl (C=O) groups is 3. The van der Waals surface area contributed by atoms with Crippen molar-refractivity contribution in [1.29, 1.82) is 0 Å². The van der Waals surface area contributed by atoms with Crippen LogP contribution in [0.1, 0.15) is 45.7 Å². The number of pyridine rings is 2. The first-order chi connectivity index (χ1) is 19.8. The summed E-state index contributed by atoms with van der Waals surface area (Å²) in [6.45, 7) is 7.09. The summed E-state index contributed by atoms with van der Waals surface area (Å²) in [6.07, 6.45) is 5.34. The second-order valence-corrected chi connectivity index (χ2v) is 8.75. The molecule has 43 heavy (non-hydrogen) atoms. The number of phenols is 2. The number of rotatable bonds is 5. The Labute approximate surface area is 261 Å². The van der Waals surface area contributed by atoms with E-state index in [2.05, 4.69) is 23.8 Å². The molecule has 0 fully saturated rings. The molecule has 4 aromatic rings. The van der Waals surface area contributed by atoms with Crippen molar-refractivity contribution in [2.24, 2.45) is 0 Å². The van der Waals surface area contributed by atoms with Crippen LogP contribution in [0, 0.1) is 0 Å². The fourth-order valence-corrected chi connectivity index (χ4v) is 3.48. The van der Waals surface area contributed by atoms with E-state index < -0.39 is 17.9 Å². The first kappa shape index (κ1) is 38.3. The quantitative estimate of drug-likeness (QED) is 0.311. The molecule has 2 aromatic carbocycles. The van der Waals surface area contributed by atoms with E-state index in [1.165, 1.54) is 11.1 Å². The third-order valence-corrected chi connectivity index (χ3v) is 5.35. The van der Waals surface area contributed by atoms with E-state index in [9.17, 15) is 10.2 Å². The maximum absolute atomic E-state index is 10.2. The number of aryl methyl sites for hydroxylation is 2. The molecule has 2 heterocycles. The largest absolute Gasteiger partial charge is 3.00 e. The molecule has 0 aliphatic rings. The summed E-state index contributed by atoms with van der Waals surface area (Å²) in [5, 5.41) is 47.1. The van der Waals surface area contributed by atoms with E-state index in [1.807, 2.05) is 48.5 Å². The topological polar surface area (TPSA) is 187 Å². The fourth-order valence-electron chi connectivity index (χ4n) is 3.48. The van der Waals surface area contributed by atoms with Gasteiger partial charge in [-0.25, -0.2) is 0 Å². The van der Waals surface area contributed by atoms with Crippen molar-refractivity contribution in [3.8, 4) is 45.1 Å². The van der Waals surface area contributed by atoms with Gasteiger partial charge >= 0.3 is 17.1 Å². The van der Waals surface area contributed by atoms with Gasteiger partial charge in [0.1, 0.15) is 11.5 Å². The molecule has 0 atom stereocenters. The Hall–Kier alpha value is -4.73. The molecule has 0 saturated heterocycles. The number of carbonyl (C=O) groups excluding carboxylic acids is 3. The van der Waals surface area contributed by atoms with Gasteiger partial charge in [0.05, 0.1) is 11.4 Å². The maximum Gasteiger partial charge on any atom is 3.00 e. The Kier molecular flexibility index (Phi) is 17.3. The van der Waals surface area contributed by atoms with Gasteiger partial charge in [-0.05, 0) is 81.1 Å². The van der Waals surface area contributed by atoms with Crippen LogP contribution >= 0.6 is 0 Å². The van der Waals surface area contributed by atoms with Gasteiger partial charge in [-0.3, -0.25) is 9.97 Å². The Morgan fingerprint density at radius 3 is 1.14 bits per heavy atom. The van der Waals surface area contributed by atoms with Gasteiger partial charge in [0.2, 0.25) is 0 Å². The second-order valence-electron chi connectivity index (χ2n) is 8.75. The number of hydrogen-bond donors (Lipinski definition) is 2. The third kappa shape index (κ3) is 14.1. The van der Waals surface area contributed by atoms with Crippen LogP contribution in [0.15, 0.2) is 73.1 Å². The SMILES string of the molecule is CC(=O)[O-].CC(=O)[O-].CC(=O)[O-].CCc1ccc(O)c(-c2ccc(-c3ccc(-c4cc(CC)ccc4O)cn3)nc2)c1.[Mn+3]. The minimum atomic E-state index is -1.08. The van der Waals surface area contributed by atoms with Crippen molar-refractivity contribution in [3.63, 3.8) is 0 Å². The molecule has 0 radical (unpaired) electrons. The van der Waals surface area contributed by atoms with Gasteiger partial charge in [0, 0.05) is 52.6 Å². The van der Waals surface area contributed by atoms with E-state index in [-0.39, 0.29) is 28.6 Å². The average molecular weight is 629 g/mol. The zero-order valence-electron chi connectivity index (χ0n) is 24.5. The van der Waals surface area contributed by atoms with Crippen LogP contribution in [-0.2, 0) is 44.3 Å². The molecule has 11 heteroatoms. The molecule has 0 bridgehead atoms. The first-order valence-corrected chi connectivity index (χ1v) is 12.9. The number of phenolic OH excluding ortho intramolecular Hbond substituents is 2. The molecule has 0 unspecified atom stereocenters. The van der Waals surface area contributed by atoms with Crippen LogP contribution in [0.2, 0.25) is 0 Å². The number of aromatic hydroxyl groups is 2. The van der Waals surface area contributed by atoms with Gasteiger partial charge in [-0.2, -0.15) is 0 Å². The van der Waals surface area contributed by atoms with Crippen LogP contribution in [0.4, 0.5) is 0 Å². The van der Waals surface area contributed by atoms with Gasteiger partial charge in [-0.1, -0.05) is 38.1 Å². The van der Waals surface area contributed by atoms with Crippen LogP contribution in [0.3, 0.4) is 0 Å². The molecule has 2 N–H and O–H groups in total. The van der Waals surface area contributed by atoms with Crippen LogP contribution < -0.4 is 15.3 Å². The summed E-state index contributed by atoms with van der Waals surface area (Å²) >= 11 is 0. The molecular weight excluding hydrogens is 595 g/mol. The number of hydrogen-bond acceptors (Lipinski definition) is 10. The second kappa shape index (κ2) is 19.4. The number of carboxylic acids is 3. The minimum absolute atomic E-state index is 0. The molecule has 2 aromatic heterocycles. The third-order valence-electron chi connectivity index (χ3n) is 5.35. The predicted molar refractivity (Wildman–Crippen MR) is 152 cm³/mol. The maximum atomic E-state index is 10.2. The number of carboxylic acid groups (broad SMARTS) is 3. The van der Waals surface area contributed by atoms with Gasteiger partial charge in [-0.15, -0.1) is 0 Å². The van der Waals surface area contributed by atoms with Gasteiger partial charge in [0.15, 0.2) is 0 Å². The van der Waals surface area contributed by atoms with Gasteiger partial charge < -0.3 is 39.9 Å². The average Bonchev–Trinajstić information content (AvgIpc) is 2.93. The van der Waals surface area contributed by atoms with Crippen molar-refractivity contribution in [3.05, 3.63) is 84.2 Å². The molecule has 4 rings (SSSR count). The van der Waals surface area contributed by atoms with Crippen LogP contribution in [-0.4, -0.2) is 38.1 Å². The zero-order valence-corrected chi connectivity index (χ0v) is 25.6. The molecular formula is C32H33MnN2O8. The number of aliphatic carboxylic acids is 3. The fraction of sp³-hybridized carbons (Fsp3) is 0.219. The van der Waals surface area contributed by atoms with Crippen LogP contribution in [0.25, 0.3) is 33.6 Å². The Balaban J connectivity index is 0.00000116. The summed E-state index contributed by atoms with van der Waals surface area (Å²) in [5.74, 6) is -2.75. The molecule has 0 aliphatic carbocycles. The summed E-state index contributed by atoms with van der Waals surface area (Å²) < 4.78 is 0. The number of nitrogens with zero attached hydrogens (tertiary/aromatic N) is 2. The molecule has 226 valence electrons. The Morgan fingerprint density at radius 2 is 0.907 bits per heavy atom. The number of benzene rings is 2. The summed E-state index contributed by atoms with van der Waals surface area (Å²) in [6, 6.07) is 19.0. The Bertz CT molecular complexity index is 1340. The normalized spacial score (nSPS) is 9.33. The molecule has 0 aliphatic heterocycles. The zero-order chi connectivity index (χ0) is 31.8. The smallest absolute Gasteiger partial charge is 0.550 e. The minimum Gasteiger partial charge on any atom is -0.550 e. The molecule has 0 spiro atoms. The van der Waals surface area contributed by atoms with Crippen molar-refractivity contribution >= 4 is 17.9 Å². The summed E-state index contributed by atoms with van der Waals surface area (Å²) in [5.41, 5.74) is 7.13. The molecule has 10 nitrogen and oxygen atoms in total. The Morgan fingerprint density at radius 1 is 0.605 bits per heavy atom. The monoisotopic (exact) mass is 628 g/mol. The molecule has 0 amide bonds. The van der Waals surface area contributed by atoms with Gasteiger partial charge in [0.25, 0.3) is 0 Å². The summed E-state index contributed by atoms with van der Waals surface area (Å²) in [4.78, 5) is 35.8. The van der Waals surface area contributed by atoms with E-state index in [4.69, 9.17) is 29.7 Å². The van der Waals surface area contributed by atoms with Crippen molar-refractivity contribution in [2.45, 2.75) is 47.5 Å². The summed E-state index contributed by atoms with van der Waals surface area (Å²) in [7, 11) is 0. The molecule has 0 saturated carbocycles. The van der Waals surface area contributed by atoms with Crippen molar-refractivity contribution < 1.29 is 57.0 Å². The van der Waals surface area contributed by atoms with Crippen molar-refractivity contribution in [1.82, 2.24) is 9.97 Å². The standard InChI is InChI=1S/C26H24N2O2.3C2H4O2.Mn/c1-3-17-5-11-25(29)21(13-17)19-7-9-23(27-15-19)24-10-8-20(16-28-24)22-14-18(4-2)6-12-26(22)30;3*1-2(3)4;/h5-16,29-30H,3-4H2,1-2H3;3*1H3,(H,3,4);/q;;;;+3/p-3. The predicted octanol–water partition coefficient (Wildman–Crippen LogP) is 2.28. The van der Waals surface area contributed by atoms with E-state index in [0.29, 0.717) is 0 Å². The van der Waals surface area contributed by atoms with E-state index in [0.717, 1.165) is 67.3 Å². The van der Waals surface area contributed by atoms with E-state index in [1.54, 1.807) is 24.5 Å². The van der Waals surface area contributed by atoms with Crippen molar-refractivity contribution in [2.75, 3.05) is 0 Å². The number of aromatic nitrogens is 2.